The quantitative estimate of drug-likeness (QED) is 0.190. The predicted octanol–water partition coefficient (Wildman–Crippen LogP) is 5.60. The molecule has 3 heterocycles. The standard InChI is InChI=1S/C38H42N4O6/c1-24-27(23-48-29-11-12-32-35(41(3)22-37(44)45)15-17-47-36(32)18-29)6-4-7-30(24)31-8-5-9-33(25(31)2)40-38(46)34-13-10-26(19-39-34)20-42-16-14-28(43)21-42/h4-13,18-19,28,35,43H,14-17,20-23H2,1-3H3,(H,40,46)(H,44,45)/t28-,35?/m1/s1. The van der Waals surface area contributed by atoms with Crippen molar-refractivity contribution in [2.24, 2.45) is 0 Å². The first-order valence-corrected chi connectivity index (χ1v) is 16.3. The molecule has 10 heteroatoms. The maximum absolute atomic E-state index is 13.2. The first-order valence-electron chi connectivity index (χ1n) is 16.3. The number of hydrogen-bond acceptors (Lipinski definition) is 8. The van der Waals surface area contributed by atoms with Gasteiger partial charge in [0.1, 0.15) is 23.8 Å². The van der Waals surface area contributed by atoms with Crippen molar-refractivity contribution in [1.82, 2.24) is 14.8 Å². The number of nitrogens with zero attached hydrogens (tertiary/aromatic N) is 3. The molecule has 10 nitrogen and oxygen atoms in total. The molecule has 2 aliphatic rings. The molecule has 2 atom stereocenters. The van der Waals surface area contributed by atoms with E-state index in [4.69, 9.17) is 9.47 Å². The van der Waals surface area contributed by atoms with Gasteiger partial charge in [-0.1, -0.05) is 42.5 Å². The number of fused-ring (bicyclic) bond motifs is 1. The number of amides is 1. The summed E-state index contributed by atoms with van der Waals surface area (Å²) >= 11 is 0. The van der Waals surface area contributed by atoms with E-state index < -0.39 is 5.97 Å². The highest BCUT2D eigenvalue weighted by Gasteiger charge is 2.27. The summed E-state index contributed by atoms with van der Waals surface area (Å²) in [5.74, 6) is 0.267. The number of pyridine rings is 1. The van der Waals surface area contributed by atoms with Crippen molar-refractivity contribution in [1.29, 1.82) is 0 Å². The molecule has 0 radical (unpaired) electrons. The van der Waals surface area contributed by atoms with Crippen LogP contribution in [0, 0.1) is 13.8 Å². The Morgan fingerprint density at radius 3 is 2.56 bits per heavy atom. The Morgan fingerprint density at radius 1 is 1.04 bits per heavy atom. The van der Waals surface area contributed by atoms with Crippen LogP contribution in [-0.4, -0.2) is 76.3 Å². The minimum atomic E-state index is -0.857. The number of aliphatic carboxylic acids is 1. The first kappa shape index (κ1) is 33.1. The summed E-state index contributed by atoms with van der Waals surface area (Å²) in [4.78, 5) is 32.9. The van der Waals surface area contributed by atoms with Gasteiger partial charge in [0.15, 0.2) is 0 Å². The zero-order valence-electron chi connectivity index (χ0n) is 27.6. The number of aliphatic hydroxyl groups is 1. The monoisotopic (exact) mass is 650 g/mol. The molecule has 0 bridgehead atoms. The van der Waals surface area contributed by atoms with Crippen LogP contribution in [0.1, 0.15) is 57.2 Å². The molecule has 0 saturated carbocycles. The molecule has 3 N–H and O–H groups in total. The molecule has 0 spiro atoms. The zero-order valence-corrected chi connectivity index (χ0v) is 27.6. The average Bonchev–Trinajstić information content (AvgIpc) is 3.49. The number of carboxylic acid groups (broad SMARTS) is 1. The fraction of sp³-hybridized carbons (Fsp3) is 0.342. The summed E-state index contributed by atoms with van der Waals surface area (Å²) in [7, 11) is 1.82. The lowest BCUT2D eigenvalue weighted by Crippen LogP contribution is -2.33. The van der Waals surface area contributed by atoms with Crippen molar-refractivity contribution in [2.75, 3.05) is 38.6 Å². The highest BCUT2D eigenvalue weighted by atomic mass is 16.5. The van der Waals surface area contributed by atoms with E-state index in [1.807, 2.05) is 67.4 Å². The third-order valence-electron chi connectivity index (χ3n) is 9.33. The molecule has 48 heavy (non-hydrogen) atoms. The molecule has 1 saturated heterocycles. The summed E-state index contributed by atoms with van der Waals surface area (Å²) in [6.07, 6.45) is 2.97. The van der Waals surface area contributed by atoms with E-state index in [0.29, 0.717) is 37.7 Å². The van der Waals surface area contributed by atoms with Crippen molar-refractivity contribution in [3.05, 3.63) is 106 Å². The number of aromatic nitrogens is 1. The van der Waals surface area contributed by atoms with Gasteiger partial charge in [0.25, 0.3) is 5.91 Å². The summed E-state index contributed by atoms with van der Waals surface area (Å²) < 4.78 is 12.1. The number of carbonyl (C=O) groups excluding carboxylic acids is 1. The molecule has 3 aromatic carbocycles. The summed E-state index contributed by atoms with van der Waals surface area (Å²) in [5.41, 5.74) is 8.16. The Kier molecular flexibility index (Phi) is 10.0. The van der Waals surface area contributed by atoms with Gasteiger partial charge in [0, 0.05) is 55.6 Å². The minimum absolute atomic E-state index is 0.0281. The third-order valence-corrected chi connectivity index (χ3v) is 9.33. The number of nitrogens with one attached hydrogen (secondary N) is 1. The minimum Gasteiger partial charge on any atom is -0.493 e. The van der Waals surface area contributed by atoms with Gasteiger partial charge in [0.2, 0.25) is 0 Å². The van der Waals surface area contributed by atoms with Crippen LogP contribution < -0.4 is 14.8 Å². The Bertz CT molecular complexity index is 1790. The Balaban J connectivity index is 1.12. The van der Waals surface area contributed by atoms with Crippen molar-refractivity contribution in [3.63, 3.8) is 0 Å². The second-order valence-electron chi connectivity index (χ2n) is 12.7. The van der Waals surface area contributed by atoms with Crippen LogP contribution in [0.25, 0.3) is 11.1 Å². The number of carbonyl (C=O) groups is 2. The van der Waals surface area contributed by atoms with Crippen LogP contribution in [0.5, 0.6) is 11.5 Å². The van der Waals surface area contributed by atoms with E-state index in [1.54, 1.807) is 12.3 Å². The predicted molar refractivity (Wildman–Crippen MR) is 183 cm³/mol. The van der Waals surface area contributed by atoms with E-state index in [1.165, 1.54) is 0 Å². The Morgan fingerprint density at radius 2 is 1.83 bits per heavy atom. The molecule has 4 aromatic rings. The number of likely N-dealkylation sites (tertiary alicyclic amines) is 1. The highest BCUT2D eigenvalue weighted by molar-refractivity contribution is 6.03. The van der Waals surface area contributed by atoms with E-state index in [2.05, 4.69) is 34.3 Å². The van der Waals surface area contributed by atoms with Gasteiger partial charge in [0.05, 0.1) is 19.3 Å². The number of β-amino-alcohol motifs (C(OH)–C–C–N with tert-alkyl or cyclic N) is 1. The van der Waals surface area contributed by atoms with Gasteiger partial charge in [-0.05, 0) is 78.9 Å². The SMILES string of the molecule is Cc1c(COc2ccc3c(c2)OCCC3N(C)CC(=O)O)cccc1-c1cccc(NC(=O)c2ccc(CN3CC[C@@H](O)C3)cn2)c1C. The lowest BCUT2D eigenvalue weighted by Gasteiger charge is -2.32. The van der Waals surface area contributed by atoms with Crippen LogP contribution in [0.3, 0.4) is 0 Å². The summed E-state index contributed by atoms with van der Waals surface area (Å²) in [6, 6.07) is 21.4. The van der Waals surface area contributed by atoms with E-state index in [-0.39, 0.29) is 24.6 Å². The van der Waals surface area contributed by atoms with Crippen LogP contribution >= 0.6 is 0 Å². The number of likely N-dealkylation sites (N-methyl/N-ethyl adjacent to an activating group) is 1. The lowest BCUT2D eigenvalue weighted by molar-refractivity contribution is -0.138. The van der Waals surface area contributed by atoms with Gasteiger partial charge in [-0.15, -0.1) is 0 Å². The van der Waals surface area contributed by atoms with Crippen molar-refractivity contribution in [2.45, 2.75) is 52.0 Å². The molecule has 1 unspecified atom stereocenters. The number of anilines is 1. The van der Waals surface area contributed by atoms with E-state index in [9.17, 15) is 19.8 Å². The second-order valence-corrected chi connectivity index (χ2v) is 12.7. The van der Waals surface area contributed by atoms with E-state index in [0.717, 1.165) is 69.8 Å². The van der Waals surface area contributed by atoms with Crippen LogP contribution in [-0.2, 0) is 17.9 Å². The highest BCUT2D eigenvalue weighted by Crippen LogP contribution is 2.38. The van der Waals surface area contributed by atoms with Crippen LogP contribution in [0.15, 0.2) is 72.9 Å². The summed E-state index contributed by atoms with van der Waals surface area (Å²) in [6.45, 7) is 7.13. The number of rotatable bonds is 11. The van der Waals surface area contributed by atoms with Gasteiger partial charge in [-0.25, -0.2) is 0 Å². The number of aliphatic hydroxyl groups excluding tert-OH is 1. The molecule has 1 fully saturated rings. The number of benzene rings is 3. The normalized spacial score (nSPS) is 17.5. The topological polar surface area (TPSA) is 124 Å². The molecule has 0 aliphatic carbocycles. The summed E-state index contributed by atoms with van der Waals surface area (Å²) in [5, 5.41) is 22.1. The molecule has 6 rings (SSSR count). The second kappa shape index (κ2) is 14.6. The molecule has 2 aliphatic heterocycles. The first-order chi connectivity index (χ1) is 23.2. The van der Waals surface area contributed by atoms with Gasteiger partial charge in [-0.2, -0.15) is 0 Å². The van der Waals surface area contributed by atoms with Gasteiger partial charge in [-0.3, -0.25) is 24.4 Å². The molecular weight excluding hydrogens is 608 g/mol. The molecule has 1 aromatic heterocycles. The maximum atomic E-state index is 13.2. The van der Waals surface area contributed by atoms with Gasteiger partial charge < -0.3 is 25.0 Å². The molecular formula is C38H42N4O6. The zero-order chi connectivity index (χ0) is 33.8. The van der Waals surface area contributed by atoms with Crippen molar-refractivity contribution in [3.8, 4) is 22.6 Å². The van der Waals surface area contributed by atoms with Crippen LogP contribution in [0.2, 0.25) is 0 Å². The fourth-order valence-electron chi connectivity index (χ4n) is 6.63. The molecule has 250 valence electrons. The fourth-order valence-corrected chi connectivity index (χ4v) is 6.63. The van der Waals surface area contributed by atoms with E-state index >= 15 is 0 Å². The van der Waals surface area contributed by atoms with Crippen molar-refractivity contribution >= 4 is 17.6 Å². The Hall–Kier alpha value is -4.77. The number of ether oxygens (including phenoxy) is 2. The van der Waals surface area contributed by atoms with Crippen LogP contribution in [0.4, 0.5) is 5.69 Å². The lowest BCUT2D eigenvalue weighted by atomic mass is 9.93. The Labute approximate surface area is 280 Å². The molecule has 1 amide bonds. The average molecular weight is 651 g/mol. The van der Waals surface area contributed by atoms with Crippen molar-refractivity contribution < 1.29 is 29.3 Å². The van der Waals surface area contributed by atoms with Gasteiger partial charge >= 0.3 is 5.97 Å². The number of carboxylic acids is 1. The largest absolute Gasteiger partial charge is 0.493 e. The number of hydrogen-bond donors (Lipinski definition) is 3. The third kappa shape index (κ3) is 7.52. The smallest absolute Gasteiger partial charge is 0.317 e. The maximum Gasteiger partial charge on any atom is 0.317 e.